The van der Waals surface area contributed by atoms with Gasteiger partial charge in [-0.05, 0) is 26.7 Å². The Hall–Kier alpha value is -0.850. The number of hydrogen-bond donors (Lipinski definition) is 2. The molecule has 1 aromatic rings. The summed E-state index contributed by atoms with van der Waals surface area (Å²) < 4.78 is 32.8. The lowest BCUT2D eigenvalue weighted by atomic mass is 10.1. The van der Waals surface area contributed by atoms with Crippen molar-refractivity contribution in [2.24, 2.45) is 0 Å². The van der Waals surface area contributed by atoms with Gasteiger partial charge in [0.05, 0.1) is 6.61 Å². The number of aliphatic hydroxyl groups excluding tert-OH is 1. The van der Waals surface area contributed by atoms with Crippen LogP contribution in [0.25, 0.3) is 0 Å². The Morgan fingerprint density at radius 3 is 2.37 bits per heavy atom. The molecule has 0 radical (unpaired) electrons. The first-order valence-corrected chi connectivity index (χ1v) is 8.07. The van der Waals surface area contributed by atoms with Crippen molar-refractivity contribution in [1.29, 1.82) is 0 Å². The second-order valence-corrected chi connectivity index (χ2v) is 6.35. The third-order valence-corrected chi connectivity index (χ3v) is 4.92. The Morgan fingerprint density at radius 1 is 1.26 bits per heavy atom. The van der Waals surface area contributed by atoms with Gasteiger partial charge in [-0.25, -0.2) is 13.1 Å². The minimum atomic E-state index is -3.65. The van der Waals surface area contributed by atoms with Gasteiger partial charge in [-0.1, -0.05) is 20.3 Å². The fourth-order valence-corrected chi connectivity index (χ4v) is 4.01. The number of aryl methyl sites for hydroxylation is 2. The van der Waals surface area contributed by atoms with E-state index >= 15 is 0 Å². The third kappa shape index (κ3) is 3.58. The average molecular weight is 289 g/mol. The Kier molecular flexibility index (Phi) is 5.58. The fraction of sp³-hybridized carbons (Fsp3) is 0.692. The minimum absolute atomic E-state index is 0.0852. The molecule has 1 atom stereocenters. The molecule has 2 N–H and O–H groups in total. The molecule has 0 aromatic carbocycles. The van der Waals surface area contributed by atoms with E-state index in [1.165, 1.54) is 0 Å². The van der Waals surface area contributed by atoms with Crippen LogP contribution in [0.2, 0.25) is 0 Å². The summed E-state index contributed by atoms with van der Waals surface area (Å²) in [4.78, 5) is 0.0852. The van der Waals surface area contributed by atoms with Crippen molar-refractivity contribution in [3.8, 4) is 0 Å². The van der Waals surface area contributed by atoms with Crippen molar-refractivity contribution in [1.82, 2.24) is 4.72 Å². The Balaban J connectivity index is 3.13. The molecule has 1 unspecified atom stereocenters. The van der Waals surface area contributed by atoms with Crippen LogP contribution in [0, 0.1) is 13.8 Å². The number of furan rings is 1. The highest BCUT2D eigenvalue weighted by molar-refractivity contribution is 7.89. The molecule has 0 saturated carbocycles. The van der Waals surface area contributed by atoms with E-state index < -0.39 is 10.0 Å². The zero-order chi connectivity index (χ0) is 14.6. The lowest BCUT2D eigenvalue weighted by Gasteiger charge is -2.16. The van der Waals surface area contributed by atoms with E-state index in [1.54, 1.807) is 13.8 Å². The second-order valence-electron chi connectivity index (χ2n) is 4.70. The predicted octanol–water partition coefficient (Wildman–Crippen LogP) is 2.25. The van der Waals surface area contributed by atoms with Crippen LogP contribution in [0.4, 0.5) is 0 Å². The highest BCUT2D eigenvalue weighted by Crippen LogP contribution is 2.27. The van der Waals surface area contributed by atoms with Gasteiger partial charge in [-0.3, -0.25) is 0 Å². The van der Waals surface area contributed by atoms with Crippen LogP contribution in [0.3, 0.4) is 0 Å². The maximum absolute atomic E-state index is 12.4. The number of nitrogens with one attached hydrogen (secondary N) is 1. The zero-order valence-electron chi connectivity index (χ0n) is 12.0. The molecule has 5 nitrogen and oxygen atoms in total. The monoisotopic (exact) mass is 289 g/mol. The van der Waals surface area contributed by atoms with Gasteiger partial charge in [-0.2, -0.15) is 0 Å². The first kappa shape index (κ1) is 16.2. The summed E-state index contributed by atoms with van der Waals surface area (Å²) >= 11 is 0. The van der Waals surface area contributed by atoms with Gasteiger partial charge in [0.25, 0.3) is 0 Å². The molecule has 0 spiro atoms. The lowest BCUT2D eigenvalue weighted by molar-refractivity contribution is 0.276. The van der Waals surface area contributed by atoms with Crippen molar-refractivity contribution < 1.29 is 17.9 Å². The molecule has 0 aliphatic rings. The van der Waals surface area contributed by atoms with Crippen molar-refractivity contribution >= 4 is 10.0 Å². The number of aliphatic hydroxyl groups is 1. The number of rotatable bonds is 7. The van der Waals surface area contributed by atoms with Gasteiger partial charge < -0.3 is 9.52 Å². The van der Waals surface area contributed by atoms with E-state index in [0.29, 0.717) is 17.1 Å². The van der Waals surface area contributed by atoms with E-state index in [2.05, 4.69) is 4.72 Å². The molecular weight excluding hydrogens is 266 g/mol. The van der Waals surface area contributed by atoms with Gasteiger partial charge in [0.1, 0.15) is 16.4 Å². The van der Waals surface area contributed by atoms with Crippen LogP contribution >= 0.6 is 0 Å². The molecule has 1 heterocycles. The molecule has 0 aliphatic heterocycles. The quantitative estimate of drug-likeness (QED) is 0.807. The molecule has 0 fully saturated rings. The van der Waals surface area contributed by atoms with Crippen molar-refractivity contribution in [3.05, 3.63) is 17.1 Å². The summed E-state index contributed by atoms with van der Waals surface area (Å²) in [5.41, 5.74) is 0.344. The Bertz CT molecular complexity index is 519. The van der Waals surface area contributed by atoms with Crippen LogP contribution in [0.15, 0.2) is 9.31 Å². The van der Waals surface area contributed by atoms with Gasteiger partial charge in [-0.15, -0.1) is 0 Å². The normalized spacial score (nSPS) is 13.7. The lowest BCUT2D eigenvalue weighted by Crippen LogP contribution is -2.34. The first-order valence-electron chi connectivity index (χ1n) is 6.59. The standard InChI is InChI=1S/C13H23NO4S/c1-5-7-11(6-2)14-19(16,17)13-10(4)18-9(3)12(13)8-15/h11,14-15H,5-8H2,1-4H3. The molecule has 0 bridgehead atoms. The van der Waals surface area contributed by atoms with E-state index in [0.717, 1.165) is 19.3 Å². The summed E-state index contributed by atoms with van der Waals surface area (Å²) in [5.74, 6) is 0.768. The Labute approximate surface area is 115 Å². The summed E-state index contributed by atoms with van der Waals surface area (Å²) in [6, 6.07) is -0.0869. The van der Waals surface area contributed by atoms with Gasteiger partial charge >= 0.3 is 0 Å². The molecule has 6 heteroatoms. The van der Waals surface area contributed by atoms with Gasteiger partial charge in [0.15, 0.2) is 0 Å². The maximum atomic E-state index is 12.4. The topological polar surface area (TPSA) is 79.5 Å². The summed E-state index contributed by atoms with van der Waals surface area (Å²) in [6.45, 7) is 6.87. The molecule has 110 valence electrons. The van der Waals surface area contributed by atoms with Crippen molar-refractivity contribution in [3.63, 3.8) is 0 Å². The van der Waals surface area contributed by atoms with Crippen LogP contribution in [0.5, 0.6) is 0 Å². The van der Waals surface area contributed by atoms with Crippen molar-refractivity contribution in [2.45, 2.75) is 64.5 Å². The van der Waals surface area contributed by atoms with Crippen molar-refractivity contribution in [2.75, 3.05) is 0 Å². The van der Waals surface area contributed by atoms with E-state index in [1.807, 2.05) is 13.8 Å². The zero-order valence-corrected chi connectivity index (χ0v) is 12.8. The smallest absolute Gasteiger partial charge is 0.244 e. The third-order valence-electron chi connectivity index (χ3n) is 3.20. The second kappa shape index (κ2) is 6.54. The van der Waals surface area contributed by atoms with Crippen LogP contribution in [-0.2, 0) is 16.6 Å². The summed E-state index contributed by atoms with van der Waals surface area (Å²) in [7, 11) is -3.65. The SMILES string of the molecule is CCCC(CC)NS(=O)(=O)c1c(C)oc(C)c1CO. The molecule has 1 rings (SSSR count). The van der Waals surface area contributed by atoms with Crippen LogP contribution in [0.1, 0.15) is 50.2 Å². The average Bonchev–Trinajstić information content (AvgIpc) is 2.63. The largest absolute Gasteiger partial charge is 0.465 e. The molecule has 1 aromatic heterocycles. The molecule has 0 amide bonds. The molecule has 0 aliphatic carbocycles. The molecule has 19 heavy (non-hydrogen) atoms. The van der Waals surface area contributed by atoms with Gasteiger partial charge in [0.2, 0.25) is 10.0 Å². The minimum Gasteiger partial charge on any atom is -0.465 e. The molecule has 0 saturated heterocycles. The number of sulfonamides is 1. The first-order chi connectivity index (χ1) is 8.87. The van der Waals surface area contributed by atoms with E-state index in [9.17, 15) is 13.5 Å². The van der Waals surface area contributed by atoms with Crippen LogP contribution < -0.4 is 4.72 Å². The maximum Gasteiger partial charge on any atom is 0.244 e. The highest BCUT2D eigenvalue weighted by atomic mass is 32.2. The summed E-state index contributed by atoms with van der Waals surface area (Å²) in [5, 5.41) is 9.32. The molecular formula is C13H23NO4S. The summed E-state index contributed by atoms with van der Waals surface area (Å²) in [6.07, 6.45) is 2.44. The highest BCUT2D eigenvalue weighted by Gasteiger charge is 2.28. The van der Waals surface area contributed by atoms with E-state index in [-0.39, 0.29) is 17.5 Å². The van der Waals surface area contributed by atoms with E-state index in [4.69, 9.17) is 4.42 Å². The fourth-order valence-electron chi connectivity index (χ4n) is 2.22. The number of hydrogen-bond acceptors (Lipinski definition) is 4. The van der Waals surface area contributed by atoms with Crippen LogP contribution in [-0.4, -0.2) is 19.6 Å². The Morgan fingerprint density at radius 2 is 1.89 bits per heavy atom. The van der Waals surface area contributed by atoms with Gasteiger partial charge in [0, 0.05) is 11.6 Å². The predicted molar refractivity (Wildman–Crippen MR) is 73.4 cm³/mol.